The van der Waals surface area contributed by atoms with Gasteiger partial charge in [0.1, 0.15) is 5.82 Å². The number of hydrogen-bond donors (Lipinski definition) is 2. The molecule has 1 aromatic rings. The highest BCUT2D eigenvalue weighted by Crippen LogP contribution is 2.31. The Morgan fingerprint density at radius 2 is 2.00 bits per heavy atom. The van der Waals surface area contributed by atoms with Crippen molar-refractivity contribution >= 4 is 5.91 Å². The SMILES string of the molecule is NC(=O)[C@H](CNC1CCOCC1)c1ccc(C(F)(F)F)cc1F. The van der Waals surface area contributed by atoms with Gasteiger partial charge in [-0.15, -0.1) is 0 Å². The summed E-state index contributed by atoms with van der Waals surface area (Å²) in [6.45, 7) is 1.25. The largest absolute Gasteiger partial charge is 0.416 e. The van der Waals surface area contributed by atoms with Crippen molar-refractivity contribution in [3.63, 3.8) is 0 Å². The number of alkyl halides is 3. The fourth-order valence-corrected chi connectivity index (χ4v) is 2.54. The number of halogens is 4. The van der Waals surface area contributed by atoms with Crippen LogP contribution in [0.1, 0.15) is 29.9 Å². The lowest BCUT2D eigenvalue weighted by Gasteiger charge is -2.25. The lowest BCUT2D eigenvalue weighted by Crippen LogP contribution is -2.40. The van der Waals surface area contributed by atoms with Crippen molar-refractivity contribution < 1.29 is 27.1 Å². The van der Waals surface area contributed by atoms with Crippen LogP contribution in [0, 0.1) is 5.82 Å². The van der Waals surface area contributed by atoms with Gasteiger partial charge in [0.25, 0.3) is 0 Å². The van der Waals surface area contributed by atoms with Gasteiger partial charge in [-0.25, -0.2) is 4.39 Å². The zero-order chi connectivity index (χ0) is 17.0. The third-order valence-electron chi connectivity index (χ3n) is 3.88. The molecule has 0 saturated carbocycles. The molecule has 8 heteroatoms. The Balaban J connectivity index is 2.12. The third-order valence-corrected chi connectivity index (χ3v) is 3.88. The molecule has 1 amide bonds. The van der Waals surface area contributed by atoms with Crippen LogP contribution in [0.3, 0.4) is 0 Å². The van der Waals surface area contributed by atoms with E-state index < -0.39 is 29.4 Å². The van der Waals surface area contributed by atoms with Crippen molar-refractivity contribution in [2.75, 3.05) is 19.8 Å². The van der Waals surface area contributed by atoms with E-state index in [9.17, 15) is 22.4 Å². The first-order valence-corrected chi connectivity index (χ1v) is 7.26. The average Bonchev–Trinajstić information content (AvgIpc) is 2.48. The second-order valence-electron chi connectivity index (χ2n) is 5.48. The number of nitrogens with one attached hydrogen (secondary N) is 1. The molecule has 1 aliphatic heterocycles. The number of amides is 1. The van der Waals surface area contributed by atoms with Crippen LogP contribution in [0.15, 0.2) is 18.2 Å². The molecule has 3 N–H and O–H groups in total. The molecule has 0 unspecified atom stereocenters. The smallest absolute Gasteiger partial charge is 0.381 e. The summed E-state index contributed by atoms with van der Waals surface area (Å²) in [4.78, 5) is 11.6. The van der Waals surface area contributed by atoms with Gasteiger partial charge in [-0.05, 0) is 25.0 Å². The summed E-state index contributed by atoms with van der Waals surface area (Å²) in [5.74, 6) is -2.90. The standard InChI is InChI=1S/C15H18F4N2O2/c16-13-7-9(15(17,18)19)1-2-11(13)12(14(20)22)8-21-10-3-5-23-6-4-10/h1-2,7,10,12,21H,3-6,8H2,(H2,20,22)/t12-/m1/s1. The third kappa shape index (κ3) is 4.65. The maximum atomic E-state index is 14.0. The number of nitrogens with two attached hydrogens (primary N) is 1. The first-order chi connectivity index (χ1) is 10.8. The van der Waals surface area contributed by atoms with E-state index in [-0.39, 0.29) is 18.2 Å². The van der Waals surface area contributed by atoms with Crippen LogP contribution < -0.4 is 11.1 Å². The highest BCUT2D eigenvalue weighted by atomic mass is 19.4. The normalized spacial score (nSPS) is 17.9. The molecule has 23 heavy (non-hydrogen) atoms. The molecule has 1 saturated heterocycles. The number of carbonyl (C=O) groups excluding carboxylic acids is 1. The first-order valence-electron chi connectivity index (χ1n) is 7.26. The van der Waals surface area contributed by atoms with E-state index in [0.29, 0.717) is 19.3 Å². The van der Waals surface area contributed by atoms with Crippen LogP contribution in [0.25, 0.3) is 0 Å². The molecule has 1 heterocycles. The van der Waals surface area contributed by atoms with E-state index in [4.69, 9.17) is 10.5 Å². The zero-order valence-electron chi connectivity index (χ0n) is 12.3. The summed E-state index contributed by atoms with van der Waals surface area (Å²) in [6, 6.07) is 2.23. The van der Waals surface area contributed by atoms with Crippen molar-refractivity contribution in [1.29, 1.82) is 0 Å². The van der Waals surface area contributed by atoms with Crippen LogP contribution in [-0.4, -0.2) is 31.7 Å². The van der Waals surface area contributed by atoms with Gasteiger partial charge in [0.15, 0.2) is 0 Å². The molecule has 1 fully saturated rings. The quantitative estimate of drug-likeness (QED) is 0.811. The van der Waals surface area contributed by atoms with E-state index in [1.54, 1.807) is 0 Å². The average molecular weight is 334 g/mol. The molecule has 0 radical (unpaired) electrons. The maximum Gasteiger partial charge on any atom is 0.416 e. The minimum absolute atomic E-state index is 0.0717. The molecule has 0 aliphatic carbocycles. The van der Waals surface area contributed by atoms with Crippen molar-refractivity contribution in [3.8, 4) is 0 Å². The van der Waals surface area contributed by atoms with Gasteiger partial charge >= 0.3 is 6.18 Å². The second kappa shape index (κ2) is 7.27. The second-order valence-corrected chi connectivity index (χ2v) is 5.48. The Hall–Kier alpha value is -1.67. The van der Waals surface area contributed by atoms with E-state index >= 15 is 0 Å². The van der Waals surface area contributed by atoms with Gasteiger partial charge in [-0.2, -0.15) is 13.2 Å². The number of benzene rings is 1. The molecule has 1 atom stereocenters. The minimum Gasteiger partial charge on any atom is -0.381 e. The van der Waals surface area contributed by atoms with Crippen LogP contribution in [0.4, 0.5) is 17.6 Å². The number of primary amides is 1. The van der Waals surface area contributed by atoms with Gasteiger partial charge < -0.3 is 15.8 Å². The van der Waals surface area contributed by atoms with Crippen LogP contribution >= 0.6 is 0 Å². The number of ether oxygens (including phenoxy) is 1. The van der Waals surface area contributed by atoms with E-state index in [1.807, 2.05) is 0 Å². The Bertz CT molecular complexity index is 557. The Labute approximate surface area is 131 Å². The Morgan fingerprint density at radius 3 is 2.52 bits per heavy atom. The summed E-state index contributed by atoms with van der Waals surface area (Å²) in [5.41, 5.74) is 4.05. The minimum atomic E-state index is -4.64. The number of rotatable bonds is 5. The molecular weight excluding hydrogens is 316 g/mol. The lowest BCUT2D eigenvalue weighted by molar-refractivity contribution is -0.137. The van der Waals surface area contributed by atoms with Crippen molar-refractivity contribution in [2.45, 2.75) is 31.0 Å². The highest BCUT2D eigenvalue weighted by molar-refractivity contribution is 5.82. The van der Waals surface area contributed by atoms with Crippen LogP contribution in [-0.2, 0) is 15.7 Å². The number of hydrogen-bond acceptors (Lipinski definition) is 3. The lowest BCUT2D eigenvalue weighted by atomic mass is 9.95. The predicted octanol–water partition coefficient (Wildman–Crippen LogP) is 2.18. The van der Waals surface area contributed by atoms with Gasteiger partial charge in [-0.3, -0.25) is 4.79 Å². The van der Waals surface area contributed by atoms with Gasteiger partial charge in [0, 0.05) is 31.4 Å². The van der Waals surface area contributed by atoms with E-state index in [0.717, 1.165) is 25.0 Å². The molecule has 128 valence electrons. The monoisotopic (exact) mass is 334 g/mol. The summed E-state index contributed by atoms with van der Waals surface area (Å²) in [5, 5.41) is 3.10. The summed E-state index contributed by atoms with van der Waals surface area (Å²) in [7, 11) is 0. The predicted molar refractivity (Wildman–Crippen MR) is 75.2 cm³/mol. The maximum absolute atomic E-state index is 14.0. The molecule has 0 aromatic heterocycles. The molecule has 1 aromatic carbocycles. The molecule has 1 aliphatic rings. The molecule has 4 nitrogen and oxygen atoms in total. The fraction of sp³-hybridized carbons (Fsp3) is 0.533. The zero-order valence-corrected chi connectivity index (χ0v) is 12.3. The fourth-order valence-electron chi connectivity index (χ4n) is 2.54. The van der Waals surface area contributed by atoms with Crippen LogP contribution in [0.5, 0.6) is 0 Å². The van der Waals surface area contributed by atoms with E-state index in [2.05, 4.69) is 5.32 Å². The van der Waals surface area contributed by atoms with E-state index in [1.165, 1.54) is 0 Å². The number of carbonyl (C=O) groups is 1. The summed E-state index contributed by atoms with van der Waals surface area (Å²) < 4.78 is 56.9. The summed E-state index contributed by atoms with van der Waals surface area (Å²) in [6.07, 6.45) is -3.14. The molecule has 0 bridgehead atoms. The van der Waals surface area contributed by atoms with Gasteiger partial charge in [-0.1, -0.05) is 6.07 Å². The van der Waals surface area contributed by atoms with Gasteiger partial charge in [0.05, 0.1) is 11.5 Å². The molecule has 0 spiro atoms. The van der Waals surface area contributed by atoms with Crippen LogP contribution in [0.2, 0.25) is 0 Å². The molecule has 2 rings (SSSR count). The highest BCUT2D eigenvalue weighted by Gasteiger charge is 2.32. The summed E-state index contributed by atoms with van der Waals surface area (Å²) >= 11 is 0. The van der Waals surface area contributed by atoms with Gasteiger partial charge in [0.2, 0.25) is 5.91 Å². The Morgan fingerprint density at radius 1 is 1.35 bits per heavy atom. The topological polar surface area (TPSA) is 64.4 Å². The first kappa shape index (κ1) is 17.7. The molecular formula is C15H18F4N2O2. The van der Waals surface area contributed by atoms with Crippen molar-refractivity contribution in [3.05, 3.63) is 35.1 Å². The van der Waals surface area contributed by atoms with Crippen molar-refractivity contribution in [1.82, 2.24) is 5.32 Å². The van der Waals surface area contributed by atoms with Crippen molar-refractivity contribution in [2.24, 2.45) is 5.73 Å². The Kier molecular flexibility index (Phi) is 5.59.